The van der Waals surface area contributed by atoms with Gasteiger partial charge in [0.25, 0.3) is 0 Å². The third-order valence-corrected chi connectivity index (χ3v) is 0.825. The molecule has 0 rings (SSSR count). The smallest absolute Gasteiger partial charge is 0.00601 e. The minimum Gasteiger partial charge on any atom is -0.107 e. The lowest BCUT2D eigenvalue weighted by atomic mass is 10.4. The van der Waals surface area contributed by atoms with Crippen molar-refractivity contribution in [2.45, 2.75) is 40.5 Å². The monoisotopic (exact) mass is 138 g/mol. The molecule has 0 nitrogen and oxygen atoms in total. The van der Waals surface area contributed by atoms with Crippen molar-refractivity contribution in [3.8, 4) is 11.8 Å². The summed E-state index contributed by atoms with van der Waals surface area (Å²) in [5.74, 6) is 5.63. The maximum Gasteiger partial charge on any atom is 0.00601 e. The van der Waals surface area contributed by atoms with Gasteiger partial charge < -0.3 is 0 Å². The molecule has 0 fully saturated rings. The molecule has 0 aliphatic heterocycles. The van der Waals surface area contributed by atoms with Crippen LogP contribution < -0.4 is 0 Å². The fourth-order valence-electron chi connectivity index (χ4n) is 0.412. The zero-order chi connectivity index (χ0) is 8.24. The van der Waals surface area contributed by atoms with Crippen LogP contribution >= 0.6 is 0 Å². The number of hydrogen-bond donors (Lipinski definition) is 0. The van der Waals surface area contributed by atoms with Gasteiger partial charge in [0.15, 0.2) is 0 Å². The number of hydrogen-bond acceptors (Lipinski definition) is 0. The van der Waals surface area contributed by atoms with Gasteiger partial charge in [-0.25, -0.2) is 0 Å². The SMILES string of the molecule is CC#CCC.CC=CCC. The largest absolute Gasteiger partial charge is 0.107 e. The van der Waals surface area contributed by atoms with Crippen molar-refractivity contribution in [2.24, 2.45) is 0 Å². The predicted molar refractivity (Wildman–Crippen MR) is 48.8 cm³/mol. The van der Waals surface area contributed by atoms with E-state index in [1.807, 2.05) is 20.8 Å². The minimum absolute atomic E-state index is 0.983. The molecule has 0 unspecified atom stereocenters. The first-order valence-electron chi connectivity index (χ1n) is 3.84. The second-order valence-electron chi connectivity index (χ2n) is 1.76. The Labute approximate surface area is 65.3 Å². The van der Waals surface area contributed by atoms with Crippen LogP contribution in [-0.4, -0.2) is 0 Å². The summed E-state index contributed by atoms with van der Waals surface area (Å²) in [6.45, 7) is 8.05. The predicted octanol–water partition coefficient (Wildman–Crippen LogP) is 3.39. The quantitative estimate of drug-likeness (QED) is 0.385. The molecule has 0 heterocycles. The zero-order valence-electron chi connectivity index (χ0n) is 7.57. The first kappa shape index (κ1) is 12.0. The average molecular weight is 138 g/mol. The van der Waals surface area contributed by atoms with E-state index in [9.17, 15) is 0 Å². The lowest BCUT2D eigenvalue weighted by Crippen LogP contribution is -1.45. The molecule has 0 aromatic rings. The molecule has 0 heteroatoms. The topological polar surface area (TPSA) is 0 Å². The number of allylic oxidation sites excluding steroid dienone is 2. The third-order valence-electron chi connectivity index (χ3n) is 0.825. The fourth-order valence-corrected chi connectivity index (χ4v) is 0.412. The van der Waals surface area contributed by atoms with Crippen LogP contribution in [0.1, 0.15) is 40.5 Å². The van der Waals surface area contributed by atoms with Crippen molar-refractivity contribution >= 4 is 0 Å². The third kappa shape index (κ3) is 26.6. The van der Waals surface area contributed by atoms with Crippen molar-refractivity contribution in [1.82, 2.24) is 0 Å². The Balaban J connectivity index is 0. The number of rotatable bonds is 1. The minimum atomic E-state index is 0.983. The van der Waals surface area contributed by atoms with E-state index in [2.05, 4.69) is 30.9 Å². The van der Waals surface area contributed by atoms with Crippen LogP contribution in [0, 0.1) is 11.8 Å². The molecule has 0 bridgehead atoms. The molecule has 58 valence electrons. The highest BCUT2D eigenvalue weighted by molar-refractivity contribution is 4.92. The van der Waals surface area contributed by atoms with Crippen molar-refractivity contribution < 1.29 is 0 Å². The normalized spacial score (nSPS) is 7.60. The van der Waals surface area contributed by atoms with E-state index in [0.717, 1.165) is 12.8 Å². The van der Waals surface area contributed by atoms with Gasteiger partial charge in [-0.3, -0.25) is 0 Å². The molecule has 0 aromatic heterocycles. The summed E-state index contributed by atoms with van der Waals surface area (Å²) >= 11 is 0. The Kier molecular flexibility index (Phi) is 18.9. The van der Waals surface area contributed by atoms with E-state index < -0.39 is 0 Å². The molecular weight excluding hydrogens is 120 g/mol. The first-order chi connectivity index (χ1) is 4.83. The molecule has 0 radical (unpaired) electrons. The molecule has 0 saturated heterocycles. The van der Waals surface area contributed by atoms with Crippen LogP contribution in [0.2, 0.25) is 0 Å². The van der Waals surface area contributed by atoms with Gasteiger partial charge >= 0.3 is 0 Å². The summed E-state index contributed by atoms with van der Waals surface area (Å²) in [6, 6.07) is 0. The molecule has 0 N–H and O–H groups in total. The van der Waals surface area contributed by atoms with Crippen LogP contribution in [-0.2, 0) is 0 Å². The molecule has 0 aliphatic carbocycles. The van der Waals surface area contributed by atoms with E-state index in [1.54, 1.807) is 0 Å². The molecule has 0 aliphatic rings. The molecule has 0 saturated carbocycles. The van der Waals surface area contributed by atoms with Gasteiger partial charge in [0, 0.05) is 6.42 Å². The maximum atomic E-state index is 2.86. The van der Waals surface area contributed by atoms with Gasteiger partial charge in [-0.15, -0.1) is 11.8 Å². The fraction of sp³-hybridized carbons (Fsp3) is 0.600. The first-order valence-corrected chi connectivity index (χ1v) is 3.84. The lowest BCUT2D eigenvalue weighted by Gasteiger charge is -1.65. The maximum absolute atomic E-state index is 2.86. The van der Waals surface area contributed by atoms with E-state index in [0.29, 0.717) is 0 Å². The van der Waals surface area contributed by atoms with Crippen molar-refractivity contribution in [3.05, 3.63) is 12.2 Å². The molecule has 10 heavy (non-hydrogen) atoms. The van der Waals surface area contributed by atoms with Crippen LogP contribution in [0.5, 0.6) is 0 Å². The van der Waals surface area contributed by atoms with E-state index in [4.69, 9.17) is 0 Å². The Morgan fingerprint density at radius 3 is 1.90 bits per heavy atom. The molecule has 0 amide bonds. The zero-order valence-corrected chi connectivity index (χ0v) is 7.57. The van der Waals surface area contributed by atoms with Gasteiger partial charge in [-0.05, 0) is 20.3 Å². The van der Waals surface area contributed by atoms with Crippen LogP contribution in [0.15, 0.2) is 12.2 Å². The summed E-state index contributed by atoms with van der Waals surface area (Å²) < 4.78 is 0. The summed E-state index contributed by atoms with van der Waals surface area (Å²) in [4.78, 5) is 0. The summed E-state index contributed by atoms with van der Waals surface area (Å²) in [5.41, 5.74) is 0. The summed E-state index contributed by atoms with van der Waals surface area (Å²) in [7, 11) is 0. The molecule has 0 atom stereocenters. The van der Waals surface area contributed by atoms with Crippen LogP contribution in [0.4, 0.5) is 0 Å². The Morgan fingerprint density at radius 1 is 1.30 bits per heavy atom. The molecule has 0 aromatic carbocycles. The highest BCUT2D eigenvalue weighted by Gasteiger charge is 1.52. The van der Waals surface area contributed by atoms with Gasteiger partial charge in [-0.1, -0.05) is 26.0 Å². The van der Waals surface area contributed by atoms with Crippen LogP contribution in [0.25, 0.3) is 0 Å². The van der Waals surface area contributed by atoms with Gasteiger partial charge in [0.05, 0.1) is 0 Å². The summed E-state index contributed by atoms with van der Waals surface area (Å²) in [5, 5.41) is 0. The molecule has 0 spiro atoms. The van der Waals surface area contributed by atoms with Crippen LogP contribution in [0.3, 0.4) is 0 Å². The second-order valence-corrected chi connectivity index (χ2v) is 1.76. The van der Waals surface area contributed by atoms with E-state index >= 15 is 0 Å². The Hall–Kier alpha value is -0.700. The van der Waals surface area contributed by atoms with Crippen molar-refractivity contribution in [3.63, 3.8) is 0 Å². The van der Waals surface area contributed by atoms with E-state index in [-0.39, 0.29) is 0 Å². The van der Waals surface area contributed by atoms with Gasteiger partial charge in [0.1, 0.15) is 0 Å². The molecular formula is C10H18. The van der Waals surface area contributed by atoms with Crippen molar-refractivity contribution in [2.75, 3.05) is 0 Å². The van der Waals surface area contributed by atoms with E-state index in [1.165, 1.54) is 0 Å². The second kappa shape index (κ2) is 15.7. The van der Waals surface area contributed by atoms with Gasteiger partial charge in [-0.2, -0.15) is 0 Å². The van der Waals surface area contributed by atoms with Crippen molar-refractivity contribution in [1.29, 1.82) is 0 Å². The summed E-state index contributed by atoms with van der Waals surface area (Å²) in [6.07, 6.45) is 6.33. The average Bonchev–Trinajstić information content (AvgIpc) is 1.93. The lowest BCUT2D eigenvalue weighted by molar-refractivity contribution is 1.22. The highest BCUT2D eigenvalue weighted by Crippen LogP contribution is 1.73. The Morgan fingerprint density at radius 2 is 1.90 bits per heavy atom. The Bertz CT molecular complexity index is 110. The standard InChI is InChI=1S/C5H10.C5H8/c2*1-3-5-4-2/h3,5H,4H2,1-2H3;3H2,1-2H3. The van der Waals surface area contributed by atoms with Gasteiger partial charge in [0.2, 0.25) is 0 Å². The highest BCUT2D eigenvalue weighted by atomic mass is 13.6.